The van der Waals surface area contributed by atoms with Crippen LogP contribution in [0.2, 0.25) is 0 Å². The summed E-state index contributed by atoms with van der Waals surface area (Å²) >= 11 is 3.56. The monoisotopic (exact) mass is 455 g/mol. The van der Waals surface area contributed by atoms with Crippen molar-refractivity contribution in [2.45, 2.75) is 44.6 Å². The fourth-order valence-corrected chi connectivity index (χ4v) is 4.30. The number of nitrogens with one attached hydrogen (secondary N) is 1. The number of nitrogens with zero attached hydrogens (tertiary/aromatic N) is 3. The van der Waals surface area contributed by atoms with Crippen molar-refractivity contribution in [3.63, 3.8) is 0 Å². The zero-order valence-electron chi connectivity index (χ0n) is 16.3. The molecule has 0 aliphatic carbocycles. The normalized spacial score (nSPS) is 19.5. The van der Waals surface area contributed by atoms with Gasteiger partial charge in [0, 0.05) is 17.2 Å². The van der Waals surface area contributed by atoms with Gasteiger partial charge in [-0.05, 0) is 53.7 Å². The average molecular weight is 456 g/mol. The van der Waals surface area contributed by atoms with Crippen molar-refractivity contribution in [2.75, 3.05) is 12.3 Å². The third kappa shape index (κ3) is 4.86. The second-order valence-electron chi connectivity index (χ2n) is 7.28. The van der Waals surface area contributed by atoms with Crippen LogP contribution in [0, 0.1) is 0 Å². The van der Waals surface area contributed by atoms with Gasteiger partial charge in [-0.25, -0.2) is 9.97 Å². The fraction of sp³-hybridized carbons (Fsp3) is 0.364. The molecule has 3 heterocycles. The van der Waals surface area contributed by atoms with Crippen molar-refractivity contribution in [3.05, 3.63) is 65.0 Å². The van der Waals surface area contributed by atoms with Crippen molar-refractivity contribution in [1.82, 2.24) is 19.9 Å². The number of hydrogen-bond donors (Lipinski definition) is 2. The third-order valence-corrected chi connectivity index (χ3v) is 5.78. The summed E-state index contributed by atoms with van der Waals surface area (Å²) < 4.78 is 9.19. The lowest BCUT2D eigenvalue weighted by atomic mass is 10.2. The van der Waals surface area contributed by atoms with E-state index in [0.717, 1.165) is 54.3 Å². The zero-order valence-corrected chi connectivity index (χ0v) is 17.9. The summed E-state index contributed by atoms with van der Waals surface area (Å²) in [6.07, 6.45) is 12.2. The second-order valence-corrected chi connectivity index (χ2v) is 8.14. The Morgan fingerprint density at radius 2 is 2.10 bits per heavy atom. The summed E-state index contributed by atoms with van der Waals surface area (Å²) in [4.78, 5) is 8.47. The first-order chi connectivity index (χ1) is 14.2. The zero-order chi connectivity index (χ0) is 20.1. The number of halogens is 1. The standard InChI is InChI=1S/C22H26BrN5O/c23-18-14-28(22-20(18)21(24)26-15-27-22)19-11-10-17(29-19)9-5-2-6-12-25-13-16-7-3-1-4-8-16/h1,3-5,7-9,14-15,17,19,25H,2,6,10-13H2,(H2,24,26,27)/b9-5+. The molecule has 3 N–H and O–H groups in total. The number of unbranched alkanes of at least 4 members (excludes halogenated alkanes) is 1. The molecule has 4 rings (SSSR count). The summed E-state index contributed by atoms with van der Waals surface area (Å²) in [5, 5.41) is 4.33. The summed E-state index contributed by atoms with van der Waals surface area (Å²) in [6.45, 7) is 1.93. The van der Waals surface area contributed by atoms with Crippen LogP contribution in [0.1, 0.15) is 37.5 Å². The molecule has 1 aliphatic rings. The van der Waals surface area contributed by atoms with Gasteiger partial charge in [-0.3, -0.25) is 0 Å². The molecule has 0 radical (unpaired) electrons. The van der Waals surface area contributed by atoms with Gasteiger partial charge >= 0.3 is 0 Å². The Morgan fingerprint density at radius 3 is 2.97 bits per heavy atom. The van der Waals surface area contributed by atoms with Crippen molar-refractivity contribution in [1.29, 1.82) is 0 Å². The van der Waals surface area contributed by atoms with Gasteiger partial charge in [-0.15, -0.1) is 0 Å². The molecule has 0 saturated carbocycles. The molecular formula is C22H26BrN5O. The number of aromatic nitrogens is 3. The number of ether oxygens (including phenoxy) is 1. The first-order valence-electron chi connectivity index (χ1n) is 10.1. The first kappa shape index (κ1) is 20.1. The minimum atomic E-state index is -0.0275. The van der Waals surface area contributed by atoms with E-state index in [0.29, 0.717) is 5.82 Å². The smallest absolute Gasteiger partial charge is 0.148 e. The minimum Gasteiger partial charge on any atom is -0.383 e. The van der Waals surface area contributed by atoms with Gasteiger partial charge in [-0.1, -0.05) is 42.5 Å². The van der Waals surface area contributed by atoms with Gasteiger partial charge in [0.05, 0.1) is 11.5 Å². The molecule has 1 aromatic carbocycles. The van der Waals surface area contributed by atoms with Crippen LogP contribution in [0.25, 0.3) is 11.0 Å². The number of hydrogen-bond acceptors (Lipinski definition) is 5. The highest BCUT2D eigenvalue weighted by atomic mass is 79.9. The SMILES string of the molecule is Nc1ncnc2c1c(Br)cn2C1CCC(/C=C/CCCNCc2ccccc2)O1. The van der Waals surface area contributed by atoms with Gasteiger partial charge in [-0.2, -0.15) is 0 Å². The van der Waals surface area contributed by atoms with E-state index >= 15 is 0 Å². The molecule has 1 saturated heterocycles. The lowest BCUT2D eigenvalue weighted by Crippen LogP contribution is -2.14. The fourth-order valence-electron chi connectivity index (χ4n) is 3.69. The first-order valence-corrected chi connectivity index (χ1v) is 10.8. The average Bonchev–Trinajstić information content (AvgIpc) is 3.33. The molecule has 29 heavy (non-hydrogen) atoms. The molecule has 7 heteroatoms. The van der Waals surface area contributed by atoms with Crippen LogP contribution in [0.5, 0.6) is 0 Å². The predicted molar refractivity (Wildman–Crippen MR) is 119 cm³/mol. The largest absolute Gasteiger partial charge is 0.383 e. The van der Waals surface area contributed by atoms with E-state index in [2.05, 4.69) is 72.2 Å². The van der Waals surface area contributed by atoms with Gasteiger partial charge in [0.1, 0.15) is 24.0 Å². The van der Waals surface area contributed by atoms with Gasteiger partial charge in [0.15, 0.2) is 0 Å². The highest BCUT2D eigenvalue weighted by Crippen LogP contribution is 2.36. The maximum atomic E-state index is 6.23. The Labute approximate surface area is 179 Å². The number of benzene rings is 1. The summed E-state index contributed by atoms with van der Waals surface area (Å²) in [6, 6.07) is 10.5. The van der Waals surface area contributed by atoms with Crippen LogP contribution < -0.4 is 11.1 Å². The van der Waals surface area contributed by atoms with E-state index in [9.17, 15) is 0 Å². The Bertz CT molecular complexity index is 972. The van der Waals surface area contributed by atoms with Gasteiger partial charge < -0.3 is 20.4 Å². The van der Waals surface area contributed by atoms with E-state index in [4.69, 9.17) is 10.5 Å². The predicted octanol–water partition coefficient (Wildman–Crippen LogP) is 4.58. The lowest BCUT2D eigenvalue weighted by Gasteiger charge is -2.14. The molecule has 6 nitrogen and oxygen atoms in total. The maximum absolute atomic E-state index is 6.23. The van der Waals surface area contributed by atoms with Gasteiger partial charge in [0.2, 0.25) is 0 Å². The minimum absolute atomic E-state index is 0.0275. The molecular weight excluding hydrogens is 430 g/mol. The number of nitrogens with two attached hydrogens (primary N) is 1. The molecule has 0 spiro atoms. The summed E-state index contributed by atoms with van der Waals surface area (Å²) in [7, 11) is 0. The topological polar surface area (TPSA) is 78.0 Å². The lowest BCUT2D eigenvalue weighted by molar-refractivity contribution is 0.0261. The highest BCUT2D eigenvalue weighted by Gasteiger charge is 2.27. The van der Waals surface area contributed by atoms with E-state index in [1.54, 1.807) is 0 Å². The Morgan fingerprint density at radius 1 is 1.24 bits per heavy atom. The van der Waals surface area contributed by atoms with E-state index in [1.807, 2.05) is 12.3 Å². The number of nitrogen functional groups attached to an aromatic ring is 1. The van der Waals surface area contributed by atoms with Crippen LogP contribution in [0.4, 0.5) is 5.82 Å². The Balaban J connectivity index is 1.23. The third-order valence-electron chi connectivity index (χ3n) is 5.18. The van der Waals surface area contributed by atoms with Crippen LogP contribution in [0.3, 0.4) is 0 Å². The van der Waals surface area contributed by atoms with E-state index in [-0.39, 0.29) is 12.3 Å². The quantitative estimate of drug-likeness (QED) is 0.383. The Hall–Kier alpha value is -2.22. The molecule has 1 aliphatic heterocycles. The number of rotatable bonds is 8. The Kier molecular flexibility index (Phi) is 6.59. The van der Waals surface area contributed by atoms with Crippen molar-refractivity contribution in [2.24, 2.45) is 0 Å². The maximum Gasteiger partial charge on any atom is 0.148 e. The molecule has 1 fully saturated rings. The van der Waals surface area contributed by atoms with Crippen LogP contribution in [-0.4, -0.2) is 27.2 Å². The van der Waals surface area contributed by atoms with Gasteiger partial charge in [0.25, 0.3) is 0 Å². The van der Waals surface area contributed by atoms with E-state index < -0.39 is 0 Å². The van der Waals surface area contributed by atoms with Crippen LogP contribution in [0.15, 0.2) is 59.5 Å². The molecule has 2 unspecified atom stereocenters. The van der Waals surface area contributed by atoms with Crippen molar-refractivity contribution < 1.29 is 4.74 Å². The highest BCUT2D eigenvalue weighted by molar-refractivity contribution is 9.10. The molecule has 0 amide bonds. The molecule has 2 aromatic heterocycles. The number of anilines is 1. The van der Waals surface area contributed by atoms with Crippen LogP contribution >= 0.6 is 15.9 Å². The van der Waals surface area contributed by atoms with Crippen molar-refractivity contribution >= 4 is 32.8 Å². The molecule has 3 aromatic rings. The molecule has 2 atom stereocenters. The van der Waals surface area contributed by atoms with E-state index in [1.165, 1.54) is 11.9 Å². The summed E-state index contributed by atoms with van der Waals surface area (Å²) in [5.41, 5.74) is 8.13. The number of allylic oxidation sites excluding steroid dienone is 1. The summed E-state index contributed by atoms with van der Waals surface area (Å²) in [5.74, 6) is 0.482. The van der Waals surface area contributed by atoms with Crippen LogP contribution in [-0.2, 0) is 11.3 Å². The molecule has 152 valence electrons. The van der Waals surface area contributed by atoms with Crippen molar-refractivity contribution in [3.8, 4) is 0 Å². The number of fused-ring (bicyclic) bond motifs is 1. The second kappa shape index (κ2) is 9.52. The molecule has 0 bridgehead atoms.